The second-order valence-corrected chi connectivity index (χ2v) is 8.83. The maximum absolute atomic E-state index is 13.0. The molecule has 34 heavy (non-hydrogen) atoms. The summed E-state index contributed by atoms with van der Waals surface area (Å²) in [6, 6.07) is 20.1. The number of nitrogens with zero attached hydrogens (tertiary/aromatic N) is 5. The molecule has 3 heterocycles. The van der Waals surface area contributed by atoms with Gasteiger partial charge in [0.2, 0.25) is 5.91 Å². The lowest BCUT2D eigenvalue weighted by Gasteiger charge is -2.32. The number of benzene rings is 2. The summed E-state index contributed by atoms with van der Waals surface area (Å²) in [5.74, 6) is 2.29. The first-order chi connectivity index (χ1) is 16.6. The van der Waals surface area contributed by atoms with Gasteiger partial charge in [0.25, 0.3) is 0 Å². The number of nitrogens with one attached hydrogen (secondary N) is 1. The van der Waals surface area contributed by atoms with Crippen molar-refractivity contribution in [2.75, 3.05) is 23.3 Å². The summed E-state index contributed by atoms with van der Waals surface area (Å²) in [6.45, 7) is 5.54. The summed E-state index contributed by atoms with van der Waals surface area (Å²) < 4.78 is 1.93. The van der Waals surface area contributed by atoms with E-state index in [0.29, 0.717) is 12.4 Å². The first-order valence-electron chi connectivity index (χ1n) is 11.6. The van der Waals surface area contributed by atoms with Crippen LogP contribution in [0.4, 0.5) is 11.5 Å². The third kappa shape index (κ3) is 4.55. The van der Waals surface area contributed by atoms with Gasteiger partial charge in [0.1, 0.15) is 5.82 Å². The van der Waals surface area contributed by atoms with E-state index in [4.69, 9.17) is 0 Å². The molecule has 1 atom stereocenters. The maximum Gasteiger partial charge on any atom is 0.229 e. The van der Waals surface area contributed by atoms with Gasteiger partial charge in [-0.15, -0.1) is 10.2 Å². The minimum absolute atomic E-state index is 0.0638. The van der Waals surface area contributed by atoms with Crippen molar-refractivity contribution < 1.29 is 4.79 Å². The molecule has 1 fully saturated rings. The molecule has 1 saturated heterocycles. The fourth-order valence-corrected chi connectivity index (χ4v) is 4.41. The van der Waals surface area contributed by atoms with Crippen molar-refractivity contribution >= 4 is 17.4 Å². The van der Waals surface area contributed by atoms with Crippen molar-refractivity contribution in [2.24, 2.45) is 5.92 Å². The Morgan fingerprint density at radius 3 is 2.59 bits per heavy atom. The molecule has 1 aliphatic rings. The van der Waals surface area contributed by atoms with Gasteiger partial charge in [0.05, 0.1) is 5.92 Å². The minimum atomic E-state index is -0.0894. The molecular weight excluding hydrogens is 424 g/mol. The van der Waals surface area contributed by atoms with Crippen LogP contribution in [0.15, 0.2) is 73.1 Å². The number of aryl methyl sites for hydroxylation is 2. The van der Waals surface area contributed by atoms with Crippen molar-refractivity contribution in [2.45, 2.75) is 26.7 Å². The molecule has 7 nitrogen and oxygen atoms in total. The van der Waals surface area contributed by atoms with Gasteiger partial charge in [0, 0.05) is 36.7 Å². The van der Waals surface area contributed by atoms with Crippen LogP contribution in [0.3, 0.4) is 0 Å². The van der Waals surface area contributed by atoms with E-state index >= 15 is 0 Å². The largest absolute Gasteiger partial charge is 0.354 e. The number of anilines is 2. The topological polar surface area (TPSA) is 75.9 Å². The van der Waals surface area contributed by atoms with Gasteiger partial charge in [0.15, 0.2) is 11.6 Å². The van der Waals surface area contributed by atoms with Crippen LogP contribution in [0.25, 0.3) is 17.2 Å². The van der Waals surface area contributed by atoms with Crippen LogP contribution in [0, 0.1) is 19.8 Å². The maximum atomic E-state index is 13.0. The van der Waals surface area contributed by atoms with Crippen LogP contribution < -0.4 is 10.2 Å². The lowest BCUT2D eigenvalue weighted by Crippen LogP contribution is -2.41. The molecule has 5 rings (SSSR count). The number of aromatic nitrogens is 4. The zero-order valence-corrected chi connectivity index (χ0v) is 19.5. The second-order valence-electron chi connectivity index (χ2n) is 8.83. The van der Waals surface area contributed by atoms with Gasteiger partial charge in [-0.05, 0) is 56.0 Å². The predicted molar refractivity (Wildman–Crippen MR) is 134 cm³/mol. The predicted octanol–water partition coefficient (Wildman–Crippen LogP) is 4.80. The summed E-state index contributed by atoms with van der Waals surface area (Å²) >= 11 is 0. The van der Waals surface area contributed by atoms with Gasteiger partial charge < -0.3 is 10.2 Å². The molecule has 0 aliphatic carbocycles. The standard InChI is InChI=1S/C27H28N6O/c1-19-10-11-20(2)23(17-19)29-27(34)22-9-6-15-32(18-22)24-12-13-25(31-30-24)33-16-14-28-26(33)21-7-4-3-5-8-21/h3-5,7-8,10-14,16-17,22H,6,9,15,18H2,1-2H3,(H,29,34). The number of rotatable bonds is 5. The van der Waals surface area contributed by atoms with Gasteiger partial charge in [-0.3, -0.25) is 9.36 Å². The molecule has 7 heteroatoms. The number of hydrogen-bond acceptors (Lipinski definition) is 5. The molecule has 1 amide bonds. The molecule has 1 N–H and O–H groups in total. The monoisotopic (exact) mass is 452 g/mol. The molecule has 172 valence electrons. The van der Waals surface area contributed by atoms with E-state index in [9.17, 15) is 4.79 Å². The van der Waals surface area contributed by atoms with Crippen molar-refractivity contribution in [1.82, 2.24) is 19.7 Å². The van der Waals surface area contributed by atoms with E-state index < -0.39 is 0 Å². The van der Waals surface area contributed by atoms with Gasteiger partial charge >= 0.3 is 0 Å². The van der Waals surface area contributed by atoms with E-state index in [1.165, 1.54) is 0 Å². The number of imidazole rings is 1. The molecular formula is C27H28N6O. The highest BCUT2D eigenvalue weighted by molar-refractivity contribution is 5.93. The van der Waals surface area contributed by atoms with Crippen LogP contribution in [0.1, 0.15) is 24.0 Å². The highest BCUT2D eigenvalue weighted by Crippen LogP contribution is 2.25. The van der Waals surface area contributed by atoms with Crippen molar-refractivity contribution in [1.29, 1.82) is 0 Å². The first kappa shape index (κ1) is 21.8. The molecule has 2 aromatic heterocycles. The van der Waals surface area contributed by atoms with Gasteiger partial charge in [-0.25, -0.2) is 4.98 Å². The normalized spacial score (nSPS) is 15.8. The SMILES string of the molecule is Cc1ccc(C)c(NC(=O)C2CCCN(c3ccc(-n4ccnc4-c4ccccc4)nn3)C2)c1. The van der Waals surface area contributed by atoms with E-state index in [1.807, 2.05) is 79.2 Å². The Bertz CT molecular complexity index is 1280. The number of carbonyl (C=O) groups is 1. The molecule has 0 saturated carbocycles. The van der Waals surface area contributed by atoms with Crippen LogP contribution in [-0.2, 0) is 4.79 Å². The zero-order valence-electron chi connectivity index (χ0n) is 19.5. The summed E-state index contributed by atoms with van der Waals surface area (Å²) in [7, 11) is 0. The fourth-order valence-electron chi connectivity index (χ4n) is 4.41. The minimum Gasteiger partial charge on any atom is -0.354 e. The van der Waals surface area contributed by atoms with E-state index in [0.717, 1.165) is 53.4 Å². The van der Waals surface area contributed by atoms with E-state index in [1.54, 1.807) is 6.20 Å². The fraction of sp³-hybridized carbons (Fsp3) is 0.259. The Morgan fingerprint density at radius 2 is 1.79 bits per heavy atom. The van der Waals surface area contributed by atoms with E-state index in [2.05, 4.69) is 31.5 Å². The summed E-state index contributed by atoms with van der Waals surface area (Å²) in [5, 5.41) is 12.1. The summed E-state index contributed by atoms with van der Waals surface area (Å²) in [4.78, 5) is 19.6. The first-order valence-corrected chi connectivity index (χ1v) is 11.6. The Balaban J connectivity index is 1.29. The molecule has 1 unspecified atom stereocenters. The van der Waals surface area contributed by atoms with Crippen LogP contribution in [0.5, 0.6) is 0 Å². The molecule has 0 spiro atoms. The number of piperidine rings is 1. The smallest absolute Gasteiger partial charge is 0.229 e. The van der Waals surface area contributed by atoms with Crippen LogP contribution >= 0.6 is 0 Å². The lowest BCUT2D eigenvalue weighted by molar-refractivity contribution is -0.120. The third-order valence-corrected chi connectivity index (χ3v) is 6.32. The van der Waals surface area contributed by atoms with Crippen molar-refractivity contribution in [3.63, 3.8) is 0 Å². The third-order valence-electron chi connectivity index (χ3n) is 6.32. The lowest BCUT2D eigenvalue weighted by atomic mass is 9.96. The quantitative estimate of drug-likeness (QED) is 0.471. The highest BCUT2D eigenvalue weighted by atomic mass is 16.1. The Kier molecular flexibility index (Phi) is 6.08. The second kappa shape index (κ2) is 9.47. The van der Waals surface area contributed by atoms with Gasteiger partial charge in [-0.1, -0.05) is 42.5 Å². The Morgan fingerprint density at radius 1 is 1.00 bits per heavy atom. The van der Waals surface area contributed by atoms with Crippen molar-refractivity contribution in [3.05, 3.63) is 84.2 Å². The van der Waals surface area contributed by atoms with Crippen LogP contribution in [0.2, 0.25) is 0 Å². The molecule has 4 aromatic rings. The number of carbonyl (C=O) groups excluding carboxylic acids is 1. The average Bonchev–Trinajstić information content (AvgIpc) is 3.37. The molecule has 0 radical (unpaired) electrons. The molecule has 0 bridgehead atoms. The zero-order chi connectivity index (χ0) is 23.5. The summed E-state index contributed by atoms with van der Waals surface area (Å²) in [6.07, 6.45) is 5.46. The average molecular weight is 453 g/mol. The van der Waals surface area contributed by atoms with Gasteiger partial charge in [-0.2, -0.15) is 0 Å². The number of hydrogen-bond donors (Lipinski definition) is 1. The number of amides is 1. The summed E-state index contributed by atoms with van der Waals surface area (Å²) in [5.41, 5.74) is 4.12. The molecule has 2 aromatic carbocycles. The highest BCUT2D eigenvalue weighted by Gasteiger charge is 2.27. The molecule has 1 aliphatic heterocycles. The van der Waals surface area contributed by atoms with Crippen LogP contribution in [-0.4, -0.2) is 38.7 Å². The Hall–Kier alpha value is -4.00. The Labute approximate surface area is 199 Å². The van der Waals surface area contributed by atoms with E-state index in [-0.39, 0.29) is 11.8 Å². The van der Waals surface area contributed by atoms with Crippen molar-refractivity contribution in [3.8, 4) is 17.2 Å².